The largest absolute Gasteiger partial charge is 0.496 e. The lowest BCUT2D eigenvalue weighted by Gasteiger charge is -2.18. The molecule has 0 N–H and O–H groups in total. The third-order valence-corrected chi connectivity index (χ3v) is 4.88. The van der Waals surface area contributed by atoms with Crippen molar-refractivity contribution in [1.29, 1.82) is 0 Å². The smallest absolute Gasteiger partial charge is 0.161 e. The van der Waals surface area contributed by atoms with Gasteiger partial charge in [0.1, 0.15) is 5.75 Å². The highest BCUT2D eigenvalue weighted by Crippen LogP contribution is 2.41. The first-order valence-corrected chi connectivity index (χ1v) is 8.79. The summed E-state index contributed by atoms with van der Waals surface area (Å²) in [6.45, 7) is 3.11. The molecule has 0 fully saturated rings. The van der Waals surface area contributed by atoms with Gasteiger partial charge in [-0.1, -0.05) is 18.2 Å². The molecule has 3 aromatic rings. The number of likely N-dealkylation sites (N-methyl/N-ethyl adjacent to an activating group) is 1. The summed E-state index contributed by atoms with van der Waals surface area (Å²) in [5.41, 5.74) is 2.49. The van der Waals surface area contributed by atoms with E-state index in [2.05, 4.69) is 44.1 Å². The van der Waals surface area contributed by atoms with Gasteiger partial charge >= 0.3 is 0 Å². The van der Waals surface area contributed by atoms with E-state index in [9.17, 15) is 0 Å². The first-order chi connectivity index (χ1) is 12.5. The fourth-order valence-corrected chi connectivity index (χ4v) is 3.58. The van der Waals surface area contributed by atoms with Crippen LogP contribution in [0.4, 0.5) is 0 Å². The zero-order chi connectivity index (χ0) is 18.8. The number of ether oxygens (including phenoxy) is 3. The molecule has 3 rings (SSSR count). The molecule has 0 saturated heterocycles. The lowest BCUT2D eigenvalue weighted by molar-refractivity contribution is 0.356. The maximum atomic E-state index is 5.79. The normalized spacial score (nSPS) is 11.3. The lowest BCUT2D eigenvalue weighted by Crippen LogP contribution is -2.15. The van der Waals surface area contributed by atoms with Gasteiger partial charge in [0.25, 0.3) is 0 Å². The molecule has 0 aliphatic heterocycles. The van der Waals surface area contributed by atoms with Crippen LogP contribution in [0.15, 0.2) is 30.3 Å². The molecule has 3 aromatic carbocycles. The lowest BCUT2D eigenvalue weighted by atomic mass is 9.93. The van der Waals surface area contributed by atoms with Gasteiger partial charge in [-0.2, -0.15) is 0 Å². The van der Waals surface area contributed by atoms with Gasteiger partial charge in [-0.15, -0.1) is 0 Å². The Bertz CT molecular complexity index is 947. The first kappa shape index (κ1) is 18.3. The Balaban J connectivity index is 2.37. The van der Waals surface area contributed by atoms with Gasteiger partial charge in [-0.3, -0.25) is 0 Å². The van der Waals surface area contributed by atoms with Crippen LogP contribution in [-0.2, 0) is 6.42 Å². The highest BCUT2D eigenvalue weighted by atomic mass is 16.5. The number of rotatable bonds is 6. The molecule has 0 bridgehead atoms. The number of aryl methyl sites for hydroxylation is 1. The third kappa shape index (κ3) is 3.17. The first-order valence-electron chi connectivity index (χ1n) is 8.79. The van der Waals surface area contributed by atoms with Crippen LogP contribution < -0.4 is 14.2 Å². The summed E-state index contributed by atoms with van der Waals surface area (Å²) < 4.78 is 16.8. The molecule has 0 spiro atoms. The van der Waals surface area contributed by atoms with Crippen LogP contribution >= 0.6 is 0 Å². The van der Waals surface area contributed by atoms with Crippen molar-refractivity contribution in [3.05, 3.63) is 41.5 Å². The summed E-state index contributed by atoms with van der Waals surface area (Å²) >= 11 is 0. The van der Waals surface area contributed by atoms with E-state index in [4.69, 9.17) is 14.2 Å². The number of hydrogen-bond acceptors (Lipinski definition) is 4. The summed E-state index contributed by atoms with van der Waals surface area (Å²) in [6.07, 6.45) is 0.993. The predicted octanol–water partition coefficient (Wildman–Crippen LogP) is 4.43. The summed E-state index contributed by atoms with van der Waals surface area (Å²) in [5, 5.41) is 4.60. The standard InChI is InChI=1S/C22H27NO3/c1-14-11-16(9-10-23(2)3)17-8-7-15-12-19(24-4)20(25-5)13-18(15)21(17)22(14)26-6/h7-8,11-13H,9-10H2,1-6H3. The van der Waals surface area contributed by atoms with E-state index in [1.54, 1.807) is 21.3 Å². The van der Waals surface area contributed by atoms with Crippen LogP contribution in [-0.4, -0.2) is 46.9 Å². The van der Waals surface area contributed by atoms with Crippen molar-refractivity contribution in [2.75, 3.05) is 42.0 Å². The van der Waals surface area contributed by atoms with E-state index in [0.717, 1.165) is 51.9 Å². The average molecular weight is 353 g/mol. The van der Waals surface area contributed by atoms with Crippen LogP contribution in [0.3, 0.4) is 0 Å². The van der Waals surface area contributed by atoms with Crippen LogP contribution in [0.5, 0.6) is 17.2 Å². The Labute approximate surface area is 155 Å². The second-order valence-electron chi connectivity index (χ2n) is 6.86. The predicted molar refractivity (Wildman–Crippen MR) is 108 cm³/mol. The van der Waals surface area contributed by atoms with E-state index in [-0.39, 0.29) is 0 Å². The second-order valence-corrected chi connectivity index (χ2v) is 6.86. The highest BCUT2D eigenvalue weighted by Gasteiger charge is 2.16. The van der Waals surface area contributed by atoms with Crippen molar-refractivity contribution in [1.82, 2.24) is 4.90 Å². The molecule has 0 aromatic heterocycles. The summed E-state index contributed by atoms with van der Waals surface area (Å²) in [7, 11) is 9.27. The third-order valence-electron chi connectivity index (χ3n) is 4.88. The maximum absolute atomic E-state index is 5.79. The van der Waals surface area contributed by atoms with E-state index in [0.29, 0.717) is 0 Å². The number of methoxy groups -OCH3 is 3. The molecule has 0 saturated carbocycles. The quantitative estimate of drug-likeness (QED) is 0.614. The highest BCUT2D eigenvalue weighted by molar-refractivity contribution is 6.13. The number of hydrogen-bond donors (Lipinski definition) is 0. The molecule has 138 valence electrons. The molecule has 4 heteroatoms. The minimum atomic E-state index is 0.728. The molecule has 0 heterocycles. The van der Waals surface area contributed by atoms with E-state index >= 15 is 0 Å². The molecular weight excluding hydrogens is 326 g/mol. The Hall–Kier alpha value is -2.46. The molecule has 0 radical (unpaired) electrons. The van der Waals surface area contributed by atoms with Crippen molar-refractivity contribution in [2.45, 2.75) is 13.3 Å². The Morgan fingerprint density at radius 3 is 2.15 bits per heavy atom. The van der Waals surface area contributed by atoms with Crippen molar-refractivity contribution in [3.63, 3.8) is 0 Å². The number of fused-ring (bicyclic) bond motifs is 3. The molecule has 26 heavy (non-hydrogen) atoms. The van der Waals surface area contributed by atoms with Crippen molar-refractivity contribution < 1.29 is 14.2 Å². The Morgan fingerprint density at radius 2 is 1.54 bits per heavy atom. The SMILES string of the molecule is COc1cc2ccc3c(CCN(C)C)cc(C)c(OC)c3c2cc1OC. The van der Waals surface area contributed by atoms with E-state index in [1.165, 1.54) is 10.9 Å². The van der Waals surface area contributed by atoms with Gasteiger partial charge < -0.3 is 19.1 Å². The maximum Gasteiger partial charge on any atom is 0.161 e. The van der Waals surface area contributed by atoms with Crippen molar-refractivity contribution in [2.24, 2.45) is 0 Å². The second kappa shape index (κ2) is 7.42. The van der Waals surface area contributed by atoms with E-state index < -0.39 is 0 Å². The van der Waals surface area contributed by atoms with Crippen LogP contribution in [0.25, 0.3) is 21.5 Å². The van der Waals surface area contributed by atoms with Gasteiger partial charge in [-0.05, 0) is 66.9 Å². The Morgan fingerprint density at radius 1 is 0.846 bits per heavy atom. The molecule has 0 atom stereocenters. The summed E-state index contributed by atoms with van der Waals surface area (Å²) in [5.74, 6) is 2.39. The van der Waals surface area contributed by atoms with Gasteiger partial charge in [0.2, 0.25) is 0 Å². The summed E-state index contributed by atoms with van der Waals surface area (Å²) in [6, 6.07) is 10.7. The van der Waals surface area contributed by atoms with Crippen molar-refractivity contribution in [3.8, 4) is 17.2 Å². The molecule has 0 unspecified atom stereocenters. The minimum absolute atomic E-state index is 0.728. The van der Waals surface area contributed by atoms with Crippen LogP contribution in [0, 0.1) is 6.92 Å². The van der Waals surface area contributed by atoms with Gasteiger partial charge in [0.15, 0.2) is 11.5 Å². The van der Waals surface area contributed by atoms with E-state index in [1.807, 2.05) is 12.1 Å². The number of benzene rings is 3. The zero-order valence-corrected chi connectivity index (χ0v) is 16.5. The molecule has 0 amide bonds. The molecule has 0 aliphatic rings. The Kier molecular flexibility index (Phi) is 5.23. The molecule has 4 nitrogen and oxygen atoms in total. The number of nitrogens with zero attached hydrogens (tertiary/aromatic N) is 1. The zero-order valence-electron chi connectivity index (χ0n) is 16.5. The fraction of sp³-hybridized carbons (Fsp3) is 0.364. The molecular formula is C22H27NO3. The van der Waals surface area contributed by atoms with Gasteiger partial charge in [0, 0.05) is 11.9 Å². The minimum Gasteiger partial charge on any atom is -0.496 e. The monoisotopic (exact) mass is 353 g/mol. The fourth-order valence-electron chi connectivity index (χ4n) is 3.58. The van der Waals surface area contributed by atoms with Gasteiger partial charge in [-0.25, -0.2) is 0 Å². The van der Waals surface area contributed by atoms with Crippen LogP contribution in [0.1, 0.15) is 11.1 Å². The topological polar surface area (TPSA) is 30.9 Å². The van der Waals surface area contributed by atoms with Crippen LogP contribution in [0.2, 0.25) is 0 Å². The summed E-state index contributed by atoms with van der Waals surface area (Å²) in [4.78, 5) is 2.21. The average Bonchev–Trinajstić information content (AvgIpc) is 2.64. The molecule has 0 aliphatic carbocycles. The van der Waals surface area contributed by atoms with Gasteiger partial charge in [0.05, 0.1) is 21.3 Å². The van der Waals surface area contributed by atoms with Crippen molar-refractivity contribution >= 4 is 21.5 Å².